The molecule has 2 aliphatic rings. The zero-order valence-electron chi connectivity index (χ0n) is 16.5. The molecule has 2 atom stereocenters. The zero-order valence-corrected chi connectivity index (χ0v) is 17.3. The predicted octanol–water partition coefficient (Wildman–Crippen LogP) is 4.23. The minimum atomic E-state index is -0.0363. The molecule has 6 heteroatoms. The van der Waals surface area contributed by atoms with Crippen LogP contribution in [0.4, 0.5) is 0 Å². The lowest BCUT2D eigenvalue weighted by Gasteiger charge is -2.39. The number of aromatic nitrogens is 1. The molecule has 150 valence electrons. The summed E-state index contributed by atoms with van der Waals surface area (Å²) in [5.74, 6) is 0.554. The number of piperidine rings is 1. The fraction of sp³-hybridized carbons (Fsp3) is 0.391. The molecule has 2 aliphatic heterocycles. The van der Waals surface area contributed by atoms with Gasteiger partial charge in [0.15, 0.2) is 5.75 Å². The molecular formula is C23H25N3O2S. The molecule has 0 spiro atoms. The second-order valence-corrected chi connectivity index (χ2v) is 9.05. The fourth-order valence-electron chi connectivity index (χ4n) is 4.94. The summed E-state index contributed by atoms with van der Waals surface area (Å²) in [4.78, 5) is 20.7. The number of pyridine rings is 1. The standard InChI is InChI=1S/C23H25N3O2S/c1-28-21-20-19(8-5-11-24-20)29-22(21)23(27)25-16-12-17-9-10-18(13-16)26(17)14-15-6-3-2-4-7-15/h2-8,11,16-18H,9-10,12-14H2,1H3,(H,25,27). The third kappa shape index (κ3) is 3.51. The van der Waals surface area contributed by atoms with Gasteiger partial charge >= 0.3 is 0 Å². The summed E-state index contributed by atoms with van der Waals surface area (Å²) in [5.41, 5.74) is 2.14. The van der Waals surface area contributed by atoms with E-state index >= 15 is 0 Å². The van der Waals surface area contributed by atoms with Crippen LogP contribution >= 0.6 is 11.3 Å². The topological polar surface area (TPSA) is 54.5 Å². The molecule has 5 nitrogen and oxygen atoms in total. The highest BCUT2D eigenvalue weighted by atomic mass is 32.1. The maximum atomic E-state index is 13.0. The highest BCUT2D eigenvalue weighted by molar-refractivity contribution is 7.21. The first kappa shape index (κ1) is 18.6. The van der Waals surface area contributed by atoms with Crippen molar-refractivity contribution in [2.45, 2.75) is 50.4 Å². The number of carbonyl (C=O) groups excluding carboxylic acids is 1. The first-order valence-corrected chi connectivity index (χ1v) is 11.1. The molecule has 2 bridgehead atoms. The van der Waals surface area contributed by atoms with Crippen molar-refractivity contribution >= 4 is 27.5 Å². The molecule has 1 amide bonds. The van der Waals surface area contributed by atoms with Crippen molar-refractivity contribution in [2.24, 2.45) is 0 Å². The quantitative estimate of drug-likeness (QED) is 0.688. The smallest absolute Gasteiger partial charge is 0.265 e. The SMILES string of the molecule is COc1c(C(=O)NC2CC3CCC(C2)N3Cc2ccccc2)sc2cccnc12. The lowest BCUT2D eigenvalue weighted by molar-refractivity contribution is 0.0829. The van der Waals surface area contributed by atoms with Crippen LogP contribution in [0, 0.1) is 0 Å². The van der Waals surface area contributed by atoms with Crippen LogP contribution < -0.4 is 10.1 Å². The molecule has 2 aromatic heterocycles. The summed E-state index contributed by atoms with van der Waals surface area (Å²) in [6.45, 7) is 1.01. The van der Waals surface area contributed by atoms with Crippen LogP contribution in [0.5, 0.6) is 5.75 Å². The van der Waals surface area contributed by atoms with Gasteiger partial charge in [0.1, 0.15) is 10.4 Å². The van der Waals surface area contributed by atoms with Gasteiger partial charge in [0, 0.05) is 30.9 Å². The van der Waals surface area contributed by atoms with Crippen LogP contribution in [0.2, 0.25) is 0 Å². The van der Waals surface area contributed by atoms with E-state index in [0.717, 1.165) is 29.6 Å². The molecule has 0 saturated carbocycles. The van der Waals surface area contributed by atoms with Crippen molar-refractivity contribution in [3.63, 3.8) is 0 Å². The van der Waals surface area contributed by atoms with E-state index in [1.54, 1.807) is 13.3 Å². The highest BCUT2D eigenvalue weighted by Gasteiger charge is 2.41. The summed E-state index contributed by atoms with van der Waals surface area (Å²) < 4.78 is 6.50. The molecule has 29 heavy (non-hydrogen) atoms. The zero-order chi connectivity index (χ0) is 19.8. The van der Waals surface area contributed by atoms with Crippen LogP contribution in [0.25, 0.3) is 10.2 Å². The van der Waals surface area contributed by atoms with E-state index in [1.807, 2.05) is 12.1 Å². The average Bonchev–Trinajstić information content (AvgIpc) is 3.22. The van der Waals surface area contributed by atoms with Gasteiger partial charge < -0.3 is 10.1 Å². The van der Waals surface area contributed by atoms with Crippen LogP contribution in [-0.2, 0) is 6.54 Å². The molecule has 1 N–H and O–H groups in total. The summed E-state index contributed by atoms with van der Waals surface area (Å²) in [5, 5.41) is 3.29. The Morgan fingerprint density at radius 2 is 1.93 bits per heavy atom. The van der Waals surface area contributed by atoms with Crippen molar-refractivity contribution in [3.05, 3.63) is 59.1 Å². The number of fused-ring (bicyclic) bond motifs is 3. The van der Waals surface area contributed by atoms with Gasteiger partial charge in [-0.25, -0.2) is 0 Å². The van der Waals surface area contributed by atoms with Crippen molar-refractivity contribution in [3.8, 4) is 5.75 Å². The Morgan fingerprint density at radius 3 is 2.66 bits per heavy atom. The monoisotopic (exact) mass is 407 g/mol. The molecule has 2 unspecified atom stereocenters. The molecule has 0 aliphatic carbocycles. The fourth-order valence-corrected chi connectivity index (χ4v) is 5.97. The van der Waals surface area contributed by atoms with E-state index in [0.29, 0.717) is 22.7 Å². The van der Waals surface area contributed by atoms with Crippen LogP contribution in [0.1, 0.15) is 40.9 Å². The average molecular weight is 408 g/mol. The second-order valence-electron chi connectivity index (χ2n) is 8.00. The maximum absolute atomic E-state index is 13.0. The number of amides is 1. The molecular weight excluding hydrogens is 382 g/mol. The van der Waals surface area contributed by atoms with Crippen molar-refractivity contribution in [1.82, 2.24) is 15.2 Å². The highest BCUT2D eigenvalue weighted by Crippen LogP contribution is 2.39. The maximum Gasteiger partial charge on any atom is 0.265 e. The lowest BCUT2D eigenvalue weighted by atomic mass is 9.96. The Hall–Kier alpha value is -2.44. The molecule has 2 saturated heterocycles. The molecule has 3 aromatic rings. The molecule has 2 fully saturated rings. The number of carbonyl (C=O) groups is 1. The van der Waals surface area contributed by atoms with E-state index in [4.69, 9.17) is 4.74 Å². The van der Waals surface area contributed by atoms with Crippen LogP contribution in [0.15, 0.2) is 48.7 Å². The van der Waals surface area contributed by atoms with Crippen LogP contribution in [-0.4, -0.2) is 41.0 Å². The number of methoxy groups -OCH3 is 1. The lowest BCUT2D eigenvalue weighted by Crippen LogP contribution is -2.49. The van der Waals surface area contributed by atoms with E-state index in [-0.39, 0.29) is 11.9 Å². The Labute approximate surface area is 174 Å². The number of benzene rings is 1. The minimum absolute atomic E-state index is 0.0363. The number of nitrogens with one attached hydrogen (secondary N) is 1. The first-order chi connectivity index (χ1) is 14.2. The Morgan fingerprint density at radius 1 is 1.17 bits per heavy atom. The number of ether oxygens (including phenoxy) is 1. The van der Waals surface area contributed by atoms with E-state index in [2.05, 4.69) is 45.5 Å². The van der Waals surface area contributed by atoms with Crippen molar-refractivity contribution in [1.29, 1.82) is 0 Å². The van der Waals surface area contributed by atoms with E-state index in [9.17, 15) is 4.79 Å². The van der Waals surface area contributed by atoms with Gasteiger partial charge in [-0.15, -0.1) is 11.3 Å². The minimum Gasteiger partial charge on any atom is -0.493 e. The summed E-state index contributed by atoms with van der Waals surface area (Å²) in [6.07, 6.45) is 6.21. The van der Waals surface area contributed by atoms with Gasteiger partial charge in [-0.2, -0.15) is 0 Å². The van der Waals surface area contributed by atoms with Crippen molar-refractivity contribution < 1.29 is 9.53 Å². The summed E-state index contributed by atoms with van der Waals surface area (Å²) in [6, 6.07) is 15.9. The molecule has 0 radical (unpaired) electrons. The number of rotatable bonds is 5. The molecule has 5 rings (SSSR count). The summed E-state index contributed by atoms with van der Waals surface area (Å²) >= 11 is 1.45. The van der Waals surface area contributed by atoms with E-state index < -0.39 is 0 Å². The second kappa shape index (κ2) is 7.76. The third-order valence-electron chi connectivity index (χ3n) is 6.24. The number of thiophene rings is 1. The van der Waals surface area contributed by atoms with Gasteiger partial charge in [-0.1, -0.05) is 30.3 Å². The van der Waals surface area contributed by atoms with Gasteiger partial charge in [0.2, 0.25) is 0 Å². The predicted molar refractivity (Wildman–Crippen MR) is 115 cm³/mol. The normalized spacial score (nSPS) is 24.0. The van der Waals surface area contributed by atoms with E-state index in [1.165, 1.54) is 29.7 Å². The Balaban J connectivity index is 1.29. The van der Waals surface area contributed by atoms with Gasteiger partial charge in [-0.3, -0.25) is 14.7 Å². The third-order valence-corrected chi connectivity index (χ3v) is 7.37. The number of hydrogen-bond acceptors (Lipinski definition) is 5. The Kier molecular flexibility index (Phi) is 4.97. The van der Waals surface area contributed by atoms with Gasteiger partial charge in [-0.05, 0) is 43.4 Å². The van der Waals surface area contributed by atoms with Crippen molar-refractivity contribution in [2.75, 3.05) is 7.11 Å². The molecule has 1 aromatic carbocycles. The summed E-state index contributed by atoms with van der Waals surface area (Å²) in [7, 11) is 1.61. The Bertz CT molecular complexity index is 1010. The number of nitrogens with zero attached hydrogens (tertiary/aromatic N) is 2. The number of hydrogen-bond donors (Lipinski definition) is 1. The van der Waals surface area contributed by atoms with Gasteiger partial charge in [0.25, 0.3) is 5.91 Å². The van der Waals surface area contributed by atoms with Gasteiger partial charge in [0.05, 0.1) is 11.8 Å². The van der Waals surface area contributed by atoms with Crippen LogP contribution in [0.3, 0.4) is 0 Å². The largest absolute Gasteiger partial charge is 0.493 e. The first-order valence-electron chi connectivity index (χ1n) is 10.2. The molecule has 4 heterocycles.